The normalized spacial score (nSPS) is 11.8. The third-order valence-electron chi connectivity index (χ3n) is 2.62. The zero-order valence-electron chi connectivity index (χ0n) is 10.4. The van der Waals surface area contributed by atoms with E-state index in [1.54, 1.807) is 11.7 Å². The van der Waals surface area contributed by atoms with Gasteiger partial charge in [-0.1, -0.05) is 13.8 Å². The van der Waals surface area contributed by atoms with Crippen molar-refractivity contribution in [1.29, 1.82) is 0 Å². The van der Waals surface area contributed by atoms with Gasteiger partial charge in [-0.2, -0.15) is 5.10 Å². The summed E-state index contributed by atoms with van der Waals surface area (Å²) < 4.78 is 1.54. The van der Waals surface area contributed by atoms with E-state index in [1.165, 1.54) is 6.20 Å². The predicted octanol–water partition coefficient (Wildman–Crippen LogP) is 0.226. The fourth-order valence-electron chi connectivity index (χ4n) is 1.43. The molecule has 3 N–H and O–H groups in total. The van der Waals surface area contributed by atoms with Gasteiger partial charge in [-0.3, -0.25) is 4.68 Å². The molecule has 1 aromatic rings. The van der Waals surface area contributed by atoms with Crippen LogP contribution in [0.4, 0.5) is 0 Å². The van der Waals surface area contributed by atoms with Crippen LogP contribution in [0.15, 0.2) is 6.20 Å². The van der Waals surface area contributed by atoms with Crippen LogP contribution in [0.25, 0.3) is 0 Å². The molecule has 6 heteroatoms. The highest BCUT2D eigenvalue weighted by molar-refractivity contribution is 5.88. The Kier molecular flexibility index (Phi) is 4.25. The first-order valence-electron chi connectivity index (χ1n) is 5.43. The van der Waals surface area contributed by atoms with Gasteiger partial charge in [-0.05, 0) is 0 Å². The topological polar surface area (TPSA) is 87.4 Å². The molecule has 1 heterocycles. The lowest BCUT2D eigenvalue weighted by atomic mass is 9.95. The molecule has 0 saturated carbocycles. The second-order valence-electron chi connectivity index (χ2n) is 4.86. The van der Waals surface area contributed by atoms with Crippen molar-refractivity contribution in [2.24, 2.45) is 12.5 Å². The van der Waals surface area contributed by atoms with E-state index in [1.807, 2.05) is 13.8 Å². The van der Waals surface area contributed by atoms with Crippen LogP contribution < -0.4 is 5.32 Å². The largest absolute Gasteiger partial charge is 0.478 e. The van der Waals surface area contributed by atoms with Gasteiger partial charge in [-0.25, -0.2) is 4.79 Å². The minimum Gasteiger partial charge on any atom is -0.478 e. The number of hydrogen-bond acceptors (Lipinski definition) is 4. The first-order valence-corrected chi connectivity index (χ1v) is 5.43. The van der Waals surface area contributed by atoms with Gasteiger partial charge in [0.2, 0.25) is 0 Å². The first-order chi connectivity index (χ1) is 7.87. The maximum atomic E-state index is 10.9. The molecular weight excluding hydrogens is 222 g/mol. The standard InChI is InChI=1S/C11H19N3O3/c1-11(2,7-15)6-12-5-9-8(10(16)17)4-13-14(9)3/h4,12,15H,5-7H2,1-3H3,(H,16,17). The van der Waals surface area contributed by atoms with E-state index in [4.69, 9.17) is 10.2 Å². The van der Waals surface area contributed by atoms with Crippen molar-refractivity contribution in [3.8, 4) is 0 Å². The summed E-state index contributed by atoms with van der Waals surface area (Å²) in [7, 11) is 1.71. The molecule has 0 radical (unpaired) electrons. The molecule has 96 valence electrons. The van der Waals surface area contributed by atoms with Gasteiger partial charge in [-0.15, -0.1) is 0 Å². The molecule has 1 aromatic heterocycles. The van der Waals surface area contributed by atoms with Crippen molar-refractivity contribution in [3.05, 3.63) is 17.5 Å². The summed E-state index contributed by atoms with van der Waals surface area (Å²) in [6, 6.07) is 0. The summed E-state index contributed by atoms with van der Waals surface area (Å²) in [4.78, 5) is 10.9. The number of carbonyl (C=O) groups is 1. The van der Waals surface area contributed by atoms with Gasteiger partial charge in [0.15, 0.2) is 0 Å². The molecule has 0 fully saturated rings. The molecule has 0 aliphatic heterocycles. The Balaban J connectivity index is 2.63. The predicted molar refractivity (Wildman–Crippen MR) is 62.7 cm³/mol. The average molecular weight is 241 g/mol. The fourth-order valence-corrected chi connectivity index (χ4v) is 1.43. The molecule has 17 heavy (non-hydrogen) atoms. The Morgan fingerprint density at radius 3 is 2.76 bits per heavy atom. The number of aliphatic hydroxyl groups is 1. The zero-order chi connectivity index (χ0) is 13.1. The molecule has 0 aliphatic carbocycles. The van der Waals surface area contributed by atoms with Gasteiger partial charge in [0.25, 0.3) is 0 Å². The van der Waals surface area contributed by atoms with Crippen LogP contribution in [-0.2, 0) is 13.6 Å². The molecule has 0 unspecified atom stereocenters. The van der Waals surface area contributed by atoms with E-state index in [-0.39, 0.29) is 17.6 Å². The number of carboxylic acids is 1. The van der Waals surface area contributed by atoms with E-state index in [9.17, 15) is 4.79 Å². The molecule has 0 saturated heterocycles. The summed E-state index contributed by atoms with van der Waals surface area (Å²) in [6.07, 6.45) is 1.34. The monoisotopic (exact) mass is 241 g/mol. The quantitative estimate of drug-likeness (QED) is 0.663. The molecule has 1 rings (SSSR count). The lowest BCUT2D eigenvalue weighted by molar-refractivity contribution is 0.0695. The highest BCUT2D eigenvalue weighted by atomic mass is 16.4. The second kappa shape index (κ2) is 5.29. The number of aliphatic hydroxyl groups excluding tert-OH is 1. The minimum absolute atomic E-state index is 0.0805. The van der Waals surface area contributed by atoms with E-state index >= 15 is 0 Å². The van der Waals surface area contributed by atoms with E-state index in [0.29, 0.717) is 18.8 Å². The first kappa shape index (κ1) is 13.7. The van der Waals surface area contributed by atoms with E-state index in [0.717, 1.165) is 0 Å². The lowest BCUT2D eigenvalue weighted by Gasteiger charge is -2.22. The van der Waals surface area contributed by atoms with Crippen molar-refractivity contribution < 1.29 is 15.0 Å². The van der Waals surface area contributed by atoms with Crippen LogP contribution in [0.1, 0.15) is 29.9 Å². The van der Waals surface area contributed by atoms with Crippen LogP contribution in [0.5, 0.6) is 0 Å². The number of aryl methyl sites for hydroxylation is 1. The Bertz CT molecular complexity index is 399. The van der Waals surface area contributed by atoms with Crippen LogP contribution >= 0.6 is 0 Å². The highest BCUT2D eigenvalue weighted by Gasteiger charge is 2.18. The number of rotatable bonds is 6. The SMILES string of the molecule is Cn1ncc(C(=O)O)c1CNCC(C)(C)CO. The van der Waals surface area contributed by atoms with E-state index < -0.39 is 5.97 Å². The summed E-state index contributed by atoms with van der Waals surface area (Å²) in [5.74, 6) is -0.976. The molecular formula is C11H19N3O3. The molecule has 0 aromatic carbocycles. The molecule has 0 amide bonds. The second-order valence-corrected chi connectivity index (χ2v) is 4.86. The number of nitrogens with one attached hydrogen (secondary N) is 1. The van der Waals surface area contributed by atoms with Crippen LogP contribution in [-0.4, -0.2) is 39.1 Å². The Morgan fingerprint density at radius 1 is 1.59 bits per heavy atom. The number of aromatic carboxylic acids is 1. The zero-order valence-corrected chi connectivity index (χ0v) is 10.4. The van der Waals surface area contributed by atoms with Crippen molar-refractivity contribution in [3.63, 3.8) is 0 Å². The molecule has 0 atom stereocenters. The lowest BCUT2D eigenvalue weighted by Crippen LogP contribution is -2.32. The number of nitrogens with zero attached hydrogens (tertiary/aromatic N) is 2. The maximum absolute atomic E-state index is 10.9. The van der Waals surface area contributed by atoms with Crippen molar-refractivity contribution >= 4 is 5.97 Å². The van der Waals surface area contributed by atoms with E-state index in [2.05, 4.69) is 10.4 Å². The summed E-state index contributed by atoms with van der Waals surface area (Å²) in [5.41, 5.74) is 0.621. The van der Waals surface area contributed by atoms with Crippen LogP contribution in [0, 0.1) is 5.41 Å². The Labute approximate surface area is 100 Å². The summed E-state index contributed by atoms with van der Waals surface area (Å²) in [5, 5.41) is 25.1. The maximum Gasteiger partial charge on any atom is 0.339 e. The van der Waals surface area contributed by atoms with Gasteiger partial charge >= 0.3 is 5.97 Å². The Hall–Kier alpha value is -1.40. The summed E-state index contributed by atoms with van der Waals surface area (Å²) in [6.45, 7) is 4.97. The van der Waals surface area contributed by atoms with Gasteiger partial charge in [0, 0.05) is 32.2 Å². The van der Waals surface area contributed by atoms with Gasteiger partial charge < -0.3 is 15.5 Å². The van der Waals surface area contributed by atoms with Crippen molar-refractivity contribution in [2.45, 2.75) is 20.4 Å². The molecule has 6 nitrogen and oxygen atoms in total. The van der Waals surface area contributed by atoms with Crippen LogP contribution in [0.3, 0.4) is 0 Å². The number of hydrogen-bond donors (Lipinski definition) is 3. The fraction of sp³-hybridized carbons (Fsp3) is 0.636. The number of carboxylic acid groups (broad SMARTS) is 1. The summed E-state index contributed by atoms with van der Waals surface area (Å²) >= 11 is 0. The Morgan fingerprint density at radius 2 is 2.24 bits per heavy atom. The molecule has 0 aliphatic rings. The average Bonchev–Trinajstić information content (AvgIpc) is 2.60. The number of aromatic nitrogens is 2. The van der Waals surface area contributed by atoms with Crippen molar-refractivity contribution in [1.82, 2.24) is 15.1 Å². The van der Waals surface area contributed by atoms with Crippen LogP contribution in [0.2, 0.25) is 0 Å². The third-order valence-corrected chi connectivity index (χ3v) is 2.62. The van der Waals surface area contributed by atoms with Gasteiger partial charge in [0.05, 0.1) is 11.9 Å². The smallest absolute Gasteiger partial charge is 0.339 e. The third kappa shape index (κ3) is 3.54. The highest BCUT2D eigenvalue weighted by Crippen LogP contribution is 2.12. The molecule has 0 bridgehead atoms. The minimum atomic E-state index is -0.976. The van der Waals surface area contributed by atoms with Crippen molar-refractivity contribution in [2.75, 3.05) is 13.2 Å². The molecule has 0 spiro atoms. The van der Waals surface area contributed by atoms with Gasteiger partial charge in [0.1, 0.15) is 5.56 Å².